The van der Waals surface area contributed by atoms with Crippen LogP contribution < -0.4 is 15.8 Å². The average molecular weight is 541 g/mol. The second-order valence-electron chi connectivity index (χ2n) is 9.22. The molecule has 1 unspecified atom stereocenters. The number of nitrogens with two attached hydrogens (primary N) is 1. The number of nitrogens with one attached hydrogen (secondary N) is 2. The molecule has 0 aliphatic heterocycles. The summed E-state index contributed by atoms with van der Waals surface area (Å²) in [5.41, 5.74) is 8.90. The van der Waals surface area contributed by atoms with Gasteiger partial charge in [0.2, 0.25) is 15.9 Å². The molecule has 1 amide bonds. The van der Waals surface area contributed by atoms with Crippen LogP contribution in [0.1, 0.15) is 42.4 Å². The van der Waals surface area contributed by atoms with Gasteiger partial charge in [-0.2, -0.15) is 0 Å². The number of aryl methyl sites for hydroxylation is 1. The van der Waals surface area contributed by atoms with Crippen LogP contribution >= 0.6 is 0 Å². The summed E-state index contributed by atoms with van der Waals surface area (Å²) in [5, 5.41) is 2.99. The summed E-state index contributed by atoms with van der Waals surface area (Å²) in [7, 11) is -3.96. The van der Waals surface area contributed by atoms with Gasteiger partial charge in [-0.05, 0) is 79.1 Å². The molecule has 38 heavy (non-hydrogen) atoms. The van der Waals surface area contributed by atoms with Gasteiger partial charge < -0.3 is 11.1 Å². The van der Waals surface area contributed by atoms with Crippen molar-refractivity contribution in [1.82, 2.24) is 15.0 Å². The van der Waals surface area contributed by atoms with Gasteiger partial charge >= 0.3 is 0 Å². The maximum Gasteiger partial charge on any atom is 0.243 e. The number of nitrogens with zero attached hydrogens (tertiary/aromatic N) is 1. The molecule has 0 saturated carbocycles. The number of hydrogen-bond acceptors (Lipinski definition) is 5. The molecule has 2 radical (unpaired) electrons. The lowest BCUT2D eigenvalue weighted by molar-refractivity contribution is -0.122. The van der Waals surface area contributed by atoms with Crippen molar-refractivity contribution in [3.63, 3.8) is 0 Å². The van der Waals surface area contributed by atoms with Crippen LogP contribution in [0.4, 0.5) is 8.78 Å². The minimum absolute atomic E-state index is 0.0960. The van der Waals surface area contributed by atoms with E-state index in [1.807, 2.05) is 12.1 Å². The predicted octanol–water partition coefficient (Wildman–Crippen LogP) is 3.60. The van der Waals surface area contributed by atoms with Gasteiger partial charge in [-0.1, -0.05) is 30.7 Å². The molecule has 0 bridgehead atoms. The van der Waals surface area contributed by atoms with Gasteiger partial charge in [0.15, 0.2) is 0 Å². The maximum atomic E-state index is 13.8. The van der Waals surface area contributed by atoms with Gasteiger partial charge in [0.1, 0.15) is 16.5 Å². The normalized spacial score (nSPS) is 15.1. The molecule has 200 valence electrons. The number of carbonyl (C=O) groups is 1. The lowest BCUT2D eigenvalue weighted by atomic mass is 9.76. The monoisotopic (exact) mass is 540 g/mol. The minimum Gasteiger partial charge on any atom is -0.346 e. The molecular formula is C28H30F2N4O3S. The lowest BCUT2D eigenvalue weighted by Crippen LogP contribution is -2.45. The highest BCUT2D eigenvalue weighted by Crippen LogP contribution is 2.38. The number of fused-ring (bicyclic) bond motifs is 1. The highest BCUT2D eigenvalue weighted by Gasteiger charge is 2.33. The van der Waals surface area contributed by atoms with Gasteiger partial charge in [-0.25, -0.2) is 21.9 Å². The van der Waals surface area contributed by atoms with E-state index in [0.717, 1.165) is 34.7 Å². The largest absolute Gasteiger partial charge is 0.346 e. The summed E-state index contributed by atoms with van der Waals surface area (Å²) in [4.78, 5) is 16.7. The van der Waals surface area contributed by atoms with Crippen molar-refractivity contribution < 1.29 is 22.0 Å². The van der Waals surface area contributed by atoms with Crippen molar-refractivity contribution in [1.29, 1.82) is 0 Å². The zero-order valence-corrected chi connectivity index (χ0v) is 21.6. The molecule has 3 aromatic rings. The van der Waals surface area contributed by atoms with Crippen molar-refractivity contribution in [2.45, 2.75) is 49.5 Å². The van der Waals surface area contributed by atoms with Crippen LogP contribution in [0, 0.1) is 23.6 Å². The van der Waals surface area contributed by atoms with Crippen molar-refractivity contribution in [3.05, 3.63) is 107 Å². The summed E-state index contributed by atoms with van der Waals surface area (Å²) in [6, 6.07) is 13.6. The first-order valence-corrected chi connectivity index (χ1v) is 13.9. The second-order valence-corrected chi connectivity index (χ2v) is 11.0. The van der Waals surface area contributed by atoms with Gasteiger partial charge in [0.05, 0.1) is 12.1 Å². The number of halogens is 2. The molecule has 2 aromatic carbocycles. The Hall–Kier alpha value is -3.21. The van der Waals surface area contributed by atoms with E-state index in [0.29, 0.717) is 38.5 Å². The van der Waals surface area contributed by atoms with E-state index in [1.54, 1.807) is 18.5 Å². The third-order valence-corrected chi connectivity index (χ3v) is 7.97. The SMILES string of the molecule is NC(CCCCNS(=O)(=O)c1ccccc1F)C(=O)N[C]1CCc2cc(F)ccc2[C]1Cc1cccnc1. The van der Waals surface area contributed by atoms with Crippen molar-refractivity contribution in [3.8, 4) is 0 Å². The third kappa shape index (κ3) is 7.00. The number of hydrogen-bond donors (Lipinski definition) is 3. The Morgan fingerprint density at radius 2 is 1.87 bits per heavy atom. The number of pyridine rings is 1. The number of sulfonamides is 1. The highest BCUT2D eigenvalue weighted by atomic mass is 32.2. The molecule has 4 rings (SSSR count). The Morgan fingerprint density at radius 1 is 1.05 bits per heavy atom. The molecule has 0 fully saturated rings. The van der Waals surface area contributed by atoms with Gasteiger partial charge in [-0.3, -0.25) is 9.78 Å². The zero-order valence-electron chi connectivity index (χ0n) is 20.8. The summed E-state index contributed by atoms with van der Waals surface area (Å²) in [6.45, 7) is 0.0960. The Labute approximate surface area is 221 Å². The fraction of sp³-hybridized carbons (Fsp3) is 0.286. The molecule has 10 heteroatoms. The number of benzene rings is 2. The Morgan fingerprint density at radius 3 is 2.63 bits per heavy atom. The van der Waals surface area contributed by atoms with Crippen LogP contribution in [0.3, 0.4) is 0 Å². The van der Waals surface area contributed by atoms with Crippen LogP contribution in [0.15, 0.2) is 71.9 Å². The Kier molecular flexibility index (Phi) is 9.19. The Bertz CT molecular complexity index is 1360. The van der Waals surface area contributed by atoms with E-state index >= 15 is 0 Å². The molecule has 4 N–H and O–H groups in total. The summed E-state index contributed by atoms with van der Waals surface area (Å²) in [6.07, 6.45) is 6.39. The maximum absolute atomic E-state index is 13.8. The topological polar surface area (TPSA) is 114 Å². The van der Waals surface area contributed by atoms with Crippen molar-refractivity contribution in [2.75, 3.05) is 6.54 Å². The minimum atomic E-state index is -3.96. The standard InChI is InChI=1S/C28H30F2N4O3S/c29-21-11-12-22-20(17-21)10-13-26(23(22)16-19-6-5-14-32-18-19)34-28(35)25(31)8-3-4-15-33-38(36,37)27-9-2-1-7-24(27)30/h1-2,5-7,9,11-12,14,17-18,25,33H,3-4,8,10,13,15-16,31H2,(H,34,35). The van der Waals surface area contributed by atoms with E-state index in [2.05, 4.69) is 15.0 Å². The summed E-state index contributed by atoms with van der Waals surface area (Å²) < 4.78 is 54.6. The molecule has 1 aromatic heterocycles. The van der Waals surface area contributed by atoms with Gasteiger partial charge in [0.25, 0.3) is 0 Å². The van der Waals surface area contributed by atoms with E-state index in [-0.39, 0.29) is 18.3 Å². The molecule has 1 heterocycles. The number of carbonyl (C=O) groups excluding carboxylic acids is 1. The second kappa shape index (κ2) is 12.6. The number of rotatable bonds is 11. The average Bonchev–Trinajstić information content (AvgIpc) is 2.90. The van der Waals surface area contributed by atoms with Crippen molar-refractivity contribution >= 4 is 15.9 Å². The van der Waals surface area contributed by atoms with Crippen molar-refractivity contribution in [2.24, 2.45) is 5.73 Å². The number of aromatic nitrogens is 1. The quantitative estimate of drug-likeness (QED) is 0.322. The lowest BCUT2D eigenvalue weighted by Gasteiger charge is -2.33. The van der Waals surface area contributed by atoms with Gasteiger partial charge in [0, 0.05) is 24.9 Å². The van der Waals surface area contributed by atoms with E-state index in [4.69, 9.17) is 5.73 Å². The fourth-order valence-electron chi connectivity index (χ4n) is 4.49. The fourth-order valence-corrected chi connectivity index (χ4v) is 5.64. The first kappa shape index (κ1) is 27.8. The van der Waals surface area contributed by atoms with Crippen LogP contribution in [0.5, 0.6) is 0 Å². The molecule has 1 aliphatic rings. The summed E-state index contributed by atoms with van der Waals surface area (Å²) in [5.74, 6) is -0.537. The zero-order chi connectivity index (χ0) is 27.1. The molecule has 0 spiro atoms. The van der Waals surface area contributed by atoms with E-state index in [1.165, 1.54) is 30.3 Å². The molecular weight excluding hydrogens is 510 g/mol. The van der Waals surface area contributed by atoms with E-state index < -0.39 is 26.8 Å². The number of amides is 1. The van der Waals surface area contributed by atoms with Crippen LogP contribution in [0.2, 0.25) is 0 Å². The van der Waals surface area contributed by atoms with Crippen LogP contribution in [-0.2, 0) is 27.7 Å². The number of unbranched alkanes of at least 4 members (excludes halogenated alkanes) is 1. The smallest absolute Gasteiger partial charge is 0.243 e. The van der Waals surface area contributed by atoms with Gasteiger partial charge in [-0.15, -0.1) is 0 Å². The molecule has 1 atom stereocenters. The summed E-state index contributed by atoms with van der Waals surface area (Å²) >= 11 is 0. The van der Waals surface area contributed by atoms with Crippen LogP contribution in [-0.4, -0.2) is 31.9 Å². The Balaban J connectivity index is 1.31. The third-order valence-electron chi connectivity index (χ3n) is 6.48. The first-order chi connectivity index (χ1) is 18.2. The highest BCUT2D eigenvalue weighted by molar-refractivity contribution is 7.89. The van der Waals surface area contributed by atoms with E-state index in [9.17, 15) is 22.0 Å². The van der Waals surface area contributed by atoms with Crippen LogP contribution in [0.25, 0.3) is 0 Å². The molecule has 0 saturated heterocycles. The first-order valence-electron chi connectivity index (χ1n) is 12.4. The molecule has 1 aliphatic carbocycles. The predicted molar refractivity (Wildman–Crippen MR) is 140 cm³/mol. The molecule has 7 nitrogen and oxygen atoms in total.